The number of methoxy groups -OCH3 is 1. The van der Waals surface area contributed by atoms with Gasteiger partial charge in [-0.05, 0) is 49.6 Å². The van der Waals surface area contributed by atoms with Gasteiger partial charge in [0.15, 0.2) is 0 Å². The zero-order valence-electron chi connectivity index (χ0n) is 15.9. The molecule has 3 aromatic rings. The quantitative estimate of drug-likeness (QED) is 0.625. The van der Waals surface area contributed by atoms with Gasteiger partial charge in [-0.15, -0.1) is 11.3 Å². The molecule has 8 heteroatoms. The fourth-order valence-corrected chi connectivity index (χ4v) is 4.37. The summed E-state index contributed by atoms with van der Waals surface area (Å²) in [6.07, 6.45) is 0. The smallest absolute Gasteiger partial charge is 0.266 e. The van der Waals surface area contributed by atoms with Gasteiger partial charge in [-0.3, -0.25) is 9.59 Å². The number of likely N-dealkylation sites (N-methyl/N-ethyl adjacent to an activating group) is 1. The largest absolute Gasteiger partial charge is 0.497 e. The predicted octanol–water partition coefficient (Wildman–Crippen LogP) is 4.29. The van der Waals surface area contributed by atoms with Gasteiger partial charge in [0, 0.05) is 23.2 Å². The Morgan fingerprint density at radius 1 is 1.21 bits per heavy atom. The summed E-state index contributed by atoms with van der Waals surface area (Å²) in [5, 5.41) is 7.62. The van der Waals surface area contributed by atoms with Crippen LogP contribution in [0, 0.1) is 6.92 Å². The molecule has 28 heavy (non-hydrogen) atoms. The maximum atomic E-state index is 13.0. The number of aromatic nitrogens is 1. The molecule has 146 valence electrons. The lowest BCUT2D eigenvalue weighted by Crippen LogP contribution is -2.37. The van der Waals surface area contributed by atoms with Crippen LogP contribution in [0.5, 0.6) is 5.75 Å². The molecule has 2 amide bonds. The van der Waals surface area contributed by atoms with Crippen molar-refractivity contribution in [3.63, 3.8) is 0 Å². The first-order valence-electron chi connectivity index (χ1n) is 8.75. The number of aryl methyl sites for hydroxylation is 1. The number of amides is 2. The molecule has 0 saturated carbocycles. The molecule has 6 nitrogen and oxygen atoms in total. The normalized spacial score (nSPS) is 10.5. The highest BCUT2D eigenvalue weighted by Gasteiger charge is 2.23. The maximum Gasteiger partial charge on any atom is 0.266 e. The average molecular weight is 416 g/mol. The monoisotopic (exact) mass is 415 g/mol. The van der Waals surface area contributed by atoms with Crippen molar-refractivity contribution >= 4 is 40.2 Å². The summed E-state index contributed by atoms with van der Waals surface area (Å²) in [5.74, 6) is 0.287. The van der Waals surface area contributed by atoms with E-state index in [-0.39, 0.29) is 18.4 Å². The Bertz CT molecular complexity index is 950. The number of thiophene rings is 1. The maximum absolute atomic E-state index is 13.0. The number of rotatable bonds is 7. The lowest BCUT2D eigenvalue weighted by atomic mass is 10.3. The van der Waals surface area contributed by atoms with Crippen molar-refractivity contribution in [2.45, 2.75) is 13.8 Å². The van der Waals surface area contributed by atoms with Crippen LogP contribution in [-0.4, -0.2) is 41.9 Å². The molecule has 3 rings (SSSR count). The summed E-state index contributed by atoms with van der Waals surface area (Å²) < 4.78 is 5.11. The number of carbonyl (C=O) groups excluding carboxylic acids is 2. The molecule has 2 aromatic heterocycles. The molecule has 0 bridgehead atoms. The standard InChI is InChI=1S/C20H21N3O3S2/c1-4-23(11-17(24)22-15-5-7-16(26-3)8-6-15)20(25)18-13(2)21-19(28-18)14-9-10-27-12-14/h5-10,12H,4,11H2,1-3H3,(H,22,24). The van der Waals surface area contributed by atoms with Crippen molar-refractivity contribution in [2.75, 3.05) is 25.5 Å². The Kier molecular flexibility index (Phi) is 6.43. The molecule has 0 unspecified atom stereocenters. The summed E-state index contributed by atoms with van der Waals surface area (Å²) in [6, 6.07) is 9.04. The van der Waals surface area contributed by atoms with Crippen molar-refractivity contribution in [3.8, 4) is 16.3 Å². The molecule has 1 N–H and O–H groups in total. The number of hydrogen-bond donors (Lipinski definition) is 1. The SMILES string of the molecule is CCN(CC(=O)Nc1ccc(OC)cc1)C(=O)c1sc(-c2ccsc2)nc1C. The highest BCUT2D eigenvalue weighted by Crippen LogP contribution is 2.30. The van der Waals surface area contributed by atoms with E-state index in [1.807, 2.05) is 30.7 Å². The van der Waals surface area contributed by atoms with Gasteiger partial charge < -0.3 is 15.0 Å². The third-order valence-electron chi connectivity index (χ3n) is 4.14. The third-order valence-corrected chi connectivity index (χ3v) is 6.01. The second kappa shape index (κ2) is 8.99. The molecule has 0 atom stereocenters. The van der Waals surface area contributed by atoms with Crippen LogP contribution in [-0.2, 0) is 4.79 Å². The molecular weight excluding hydrogens is 394 g/mol. The summed E-state index contributed by atoms with van der Waals surface area (Å²) in [4.78, 5) is 32.0. The van der Waals surface area contributed by atoms with Crippen LogP contribution in [0.3, 0.4) is 0 Å². The summed E-state index contributed by atoms with van der Waals surface area (Å²) in [6.45, 7) is 4.09. The van der Waals surface area contributed by atoms with Gasteiger partial charge in [0.25, 0.3) is 5.91 Å². The van der Waals surface area contributed by atoms with Crippen LogP contribution in [0.1, 0.15) is 22.3 Å². The van der Waals surface area contributed by atoms with Gasteiger partial charge in [0.2, 0.25) is 5.91 Å². The second-order valence-corrected chi connectivity index (χ2v) is 7.82. The average Bonchev–Trinajstić information content (AvgIpc) is 3.36. The van der Waals surface area contributed by atoms with Gasteiger partial charge in [-0.2, -0.15) is 11.3 Å². The minimum atomic E-state index is -0.249. The Hall–Kier alpha value is -2.71. The molecule has 0 spiro atoms. The molecule has 0 fully saturated rings. The van der Waals surface area contributed by atoms with E-state index in [2.05, 4.69) is 10.3 Å². The number of benzene rings is 1. The van der Waals surface area contributed by atoms with Gasteiger partial charge in [0.05, 0.1) is 12.8 Å². The number of ether oxygens (including phenoxy) is 1. The summed E-state index contributed by atoms with van der Waals surface area (Å²) >= 11 is 2.95. The number of hydrogen-bond acceptors (Lipinski definition) is 6. The lowest BCUT2D eigenvalue weighted by Gasteiger charge is -2.20. The number of carbonyl (C=O) groups is 2. The van der Waals surface area contributed by atoms with Crippen LogP contribution in [0.2, 0.25) is 0 Å². The van der Waals surface area contributed by atoms with Gasteiger partial charge in [-0.1, -0.05) is 0 Å². The number of anilines is 1. The highest BCUT2D eigenvalue weighted by molar-refractivity contribution is 7.17. The first kappa shape index (κ1) is 20.0. The zero-order valence-corrected chi connectivity index (χ0v) is 17.5. The van der Waals surface area contributed by atoms with Crippen molar-refractivity contribution in [1.29, 1.82) is 0 Å². The topological polar surface area (TPSA) is 71.5 Å². The van der Waals surface area contributed by atoms with E-state index < -0.39 is 0 Å². The van der Waals surface area contributed by atoms with E-state index in [4.69, 9.17) is 4.74 Å². The fraction of sp³-hybridized carbons (Fsp3) is 0.250. The molecule has 2 heterocycles. The van der Waals surface area contributed by atoms with E-state index in [9.17, 15) is 9.59 Å². The molecule has 0 aliphatic carbocycles. The van der Waals surface area contributed by atoms with Crippen molar-refractivity contribution in [2.24, 2.45) is 0 Å². The van der Waals surface area contributed by atoms with E-state index >= 15 is 0 Å². The van der Waals surface area contributed by atoms with E-state index in [1.54, 1.807) is 42.7 Å². The molecule has 0 saturated heterocycles. The van der Waals surface area contributed by atoms with E-state index in [0.29, 0.717) is 28.6 Å². The molecule has 0 aliphatic heterocycles. The third kappa shape index (κ3) is 4.58. The Morgan fingerprint density at radius 2 is 1.96 bits per heavy atom. The van der Waals surface area contributed by atoms with Crippen molar-refractivity contribution in [3.05, 3.63) is 51.7 Å². The zero-order chi connectivity index (χ0) is 20.1. The van der Waals surface area contributed by atoms with Crippen LogP contribution in [0.15, 0.2) is 41.1 Å². The Morgan fingerprint density at radius 3 is 2.57 bits per heavy atom. The van der Waals surface area contributed by atoms with Crippen LogP contribution in [0.25, 0.3) is 10.6 Å². The minimum Gasteiger partial charge on any atom is -0.497 e. The first-order valence-corrected chi connectivity index (χ1v) is 10.5. The second-order valence-electron chi connectivity index (χ2n) is 6.04. The Labute approximate surface area is 171 Å². The lowest BCUT2D eigenvalue weighted by molar-refractivity contribution is -0.116. The van der Waals surface area contributed by atoms with Gasteiger partial charge in [0.1, 0.15) is 22.2 Å². The van der Waals surface area contributed by atoms with Gasteiger partial charge in [-0.25, -0.2) is 4.98 Å². The van der Waals surface area contributed by atoms with Crippen LogP contribution >= 0.6 is 22.7 Å². The first-order chi connectivity index (χ1) is 13.5. The highest BCUT2D eigenvalue weighted by atomic mass is 32.1. The number of thiazole rings is 1. The van der Waals surface area contributed by atoms with Crippen molar-refractivity contribution in [1.82, 2.24) is 9.88 Å². The fourth-order valence-electron chi connectivity index (χ4n) is 2.62. The van der Waals surface area contributed by atoms with Crippen LogP contribution in [0.4, 0.5) is 5.69 Å². The Balaban J connectivity index is 1.68. The molecular formula is C20H21N3O3S2. The van der Waals surface area contributed by atoms with Crippen molar-refractivity contribution < 1.29 is 14.3 Å². The predicted molar refractivity (Wildman–Crippen MR) is 113 cm³/mol. The van der Waals surface area contributed by atoms with E-state index in [0.717, 1.165) is 10.6 Å². The molecule has 0 radical (unpaired) electrons. The summed E-state index contributed by atoms with van der Waals surface area (Å²) in [7, 11) is 1.59. The number of nitrogens with zero attached hydrogens (tertiary/aromatic N) is 2. The van der Waals surface area contributed by atoms with E-state index in [1.165, 1.54) is 16.2 Å². The molecule has 0 aliphatic rings. The van der Waals surface area contributed by atoms with Crippen LogP contribution < -0.4 is 10.1 Å². The number of nitrogens with one attached hydrogen (secondary N) is 1. The van der Waals surface area contributed by atoms with Gasteiger partial charge >= 0.3 is 0 Å². The minimum absolute atomic E-state index is 0.0213. The summed E-state index contributed by atoms with van der Waals surface area (Å²) in [5.41, 5.74) is 2.35. The molecule has 1 aromatic carbocycles.